The molecule has 3 saturated heterocycles. The van der Waals surface area contributed by atoms with Crippen molar-refractivity contribution < 1.29 is 19.1 Å². The minimum atomic E-state index is -0.292. The molecule has 0 aromatic carbocycles. The number of likely N-dealkylation sites (N-methyl/N-ethyl adjacent to an activating group) is 1. The van der Waals surface area contributed by atoms with E-state index in [1.807, 2.05) is 11.9 Å². The van der Waals surface area contributed by atoms with E-state index in [4.69, 9.17) is 9.47 Å². The summed E-state index contributed by atoms with van der Waals surface area (Å²) in [6, 6.07) is -0.249. The second kappa shape index (κ2) is 8.88. The number of carbonyl (C=O) groups excluding carboxylic acids is 2. The summed E-state index contributed by atoms with van der Waals surface area (Å²) < 4.78 is 11.5. The number of ether oxygens (including phenoxy) is 2. The van der Waals surface area contributed by atoms with Crippen LogP contribution in [0.1, 0.15) is 39.5 Å². The van der Waals surface area contributed by atoms with E-state index < -0.39 is 0 Å². The normalized spacial score (nSPS) is 26.2. The standard InChI is InChI=1S/C20H35N3O4/c1-15(2)4-5-18(24)23-13-20(14-23)12-22(3)17(11-27-20)19(25)21-10-16-6-8-26-9-7-16/h15-17H,4-14H2,1-3H3,(H,21,25)/t17-/m0/s1. The lowest BCUT2D eigenvalue weighted by atomic mass is 9.90. The van der Waals surface area contributed by atoms with E-state index >= 15 is 0 Å². The van der Waals surface area contributed by atoms with Crippen LogP contribution in [0.25, 0.3) is 0 Å². The SMILES string of the molecule is CC(C)CCC(=O)N1CC2(C1)CN(C)[C@H](C(=O)NCC1CCOCC1)CO2. The summed E-state index contributed by atoms with van der Waals surface area (Å²) in [7, 11) is 1.98. The van der Waals surface area contributed by atoms with Gasteiger partial charge >= 0.3 is 0 Å². The van der Waals surface area contributed by atoms with Crippen LogP contribution in [-0.4, -0.2) is 86.3 Å². The van der Waals surface area contributed by atoms with Crippen LogP contribution in [0, 0.1) is 11.8 Å². The van der Waals surface area contributed by atoms with Gasteiger partial charge in [-0.1, -0.05) is 13.8 Å². The molecule has 3 aliphatic rings. The number of morpholine rings is 1. The van der Waals surface area contributed by atoms with E-state index in [1.54, 1.807) is 0 Å². The Hall–Kier alpha value is -1.18. The van der Waals surface area contributed by atoms with Crippen LogP contribution in [0.5, 0.6) is 0 Å². The quantitative estimate of drug-likeness (QED) is 0.740. The molecule has 3 fully saturated rings. The van der Waals surface area contributed by atoms with E-state index in [1.165, 1.54) is 0 Å². The number of rotatable bonds is 6. The summed E-state index contributed by atoms with van der Waals surface area (Å²) in [6.07, 6.45) is 3.57. The predicted molar refractivity (Wildman–Crippen MR) is 102 cm³/mol. The molecule has 0 bridgehead atoms. The van der Waals surface area contributed by atoms with Crippen molar-refractivity contribution in [3.8, 4) is 0 Å². The van der Waals surface area contributed by atoms with Crippen molar-refractivity contribution in [1.82, 2.24) is 15.1 Å². The minimum Gasteiger partial charge on any atom is -0.381 e. The molecule has 3 heterocycles. The van der Waals surface area contributed by atoms with Crippen LogP contribution in [0.4, 0.5) is 0 Å². The lowest BCUT2D eigenvalue weighted by molar-refractivity contribution is -0.201. The monoisotopic (exact) mass is 381 g/mol. The van der Waals surface area contributed by atoms with Crippen molar-refractivity contribution in [3.05, 3.63) is 0 Å². The third-order valence-electron chi connectivity index (χ3n) is 6.07. The zero-order valence-electron chi connectivity index (χ0n) is 17.0. The van der Waals surface area contributed by atoms with Crippen molar-refractivity contribution in [2.75, 3.05) is 53.0 Å². The lowest BCUT2D eigenvalue weighted by Gasteiger charge is -2.54. The number of hydrogen-bond acceptors (Lipinski definition) is 5. The van der Waals surface area contributed by atoms with Gasteiger partial charge in [-0.2, -0.15) is 0 Å². The van der Waals surface area contributed by atoms with Crippen LogP contribution < -0.4 is 5.32 Å². The van der Waals surface area contributed by atoms with E-state index in [-0.39, 0.29) is 23.5 Å². The number of amides is 2. The van der Waals surface area contributed by atoms with Gasteiger partial charge in [-0.05, 0) is 38.1 Å². The summed E-state index contributed by atoms with van der Waals surface area (Å²) in [5, 5.41) is 3.09. The summed E-state index contributed by atoms with van der Waals surface area (Å²) in [4.78, 5) is 28.8. The minimum absolute atomic E-state index is 0.0445. The van der Waals surface area contributed by atoms with E-state index in [0.717, 1.165) is 39.0 Å². The summed E-state index contributed by atoms with van der Waals surface area (Å²) in [6.45, 7) is 8.95. The van der Waals surface area contributed by atoms with Gasteiger partial charge in [-0.25, -0.2) is 0 Å². The van der Waals surface area contributed by atoms with Crippen molar-refractivity contribution in [2.45, 2.75) is 51.2 Å². The zero-order valence-corrected chi connectivity index (χ0v) is 17.0. The highest BCUT2D eigenvalue weighted by molar-refractivity contribution is 5.82. The van der Waals surface area contributed by atoms with E-state index in [0.29, 0.717) is 44.5 Å². The highest BCUT2D eigenvalue weighted by atomic mass is 16.5. The average Bonchev–Trinajstić information content (AvgIpc) is 2.62. The maximum atomic E-state index is 12.6. The Bertz CT molecular complexity index is 527. The number of carbonyl (C=O) groups is 2. The molecular formula is C20H35N3O4. The van der Waals surface area contributed by atoms with Gasteiger partial charge in [0.1, 0.15) is 11.6 Å². The number of likely N-dealkylation sites (tertiary alicyclic amines) is 1. The van der Waals surface area contributed by atoms with Crippen molar-refractivity contribution in [2.24, 2.45) is 11.8 Å². The van der Waals surface area contributed by atoms with Gasteiger partial charge in [0.25, 0.3) is 0 Å². The number of nitrogens with one attached hydrogen (secondary N) is 1. The topological polar surface area (TPSA) is 71.1 Å². The van der Waals surface area contributed by atoms with Gasteiger partial charge in [-0.15, -0.1) is 0 Å². The molecule has 1 atom stereocenters. The molecule has 7 nitrogen and oxygen atoms in total. The van der Waals surface area contributed by atoms with E-state index in [2.05, 4.69) is 24.1 Å². The number of hydrogen-bond donors (Lipinski definition) is 1. The first-order valence-electron chi connectivity index (χ1n) is 10.4. The Morgan fingerprint density at radius 2 is 1.89 bits per heavy atom. The van der Waals surface area contributed by atoms with Crippen molar-refractivity contribution in [3.63, 3.8) is 0 Å². The Balaban J connectivity index is 1.40. The fraction of sp³-hybridized carbons (Fsp3) is 0.900. The second-order valence-electron chi connectivity index (χ2n) is 8.91. The maximum Gasteiger partial charge on any atom is 0.239 e. The third kappa shape index (κ3) is 5.21. The molecule has 1 spiro atoms. The maximum absolute atomic E-state index is 12.6. The van der Waals surface area contributed by atoms with Crippen LogP contribution in [-0.2, 0) is 19.1 Å². The van der Waals surface area contributed by atoms with Crippen LogP contribution in [0.2, 0.25) is 0 Å². The fourth-order valence-electron chi connectivity index (χ4n) is 4.17. The molecule has 0 saturated carbocycles. The molecule has 27 heavy (non-hydrogen) atoms. The van der Waals surface area contributed by atoms with Crippen molar-refractivity contribution in [1.29, 1.82) is 0 Å². The third-order valence-corrected chi connectivity index (χ3v) is 6.07. The van der Waals surface area contributed by atoms with Gasteiger partial charge in [0.05, 0.1) is 19.7 Å². The molecule has 0 unspecified atom stereocenters. The lowest BCUT2D eigenvalue weighted by Crippen LogP contribution is -2.73. The highest BCUT2D eigenvalue weighted by Crippen LogP contribution is 2.31. The molecule has 0 aromatic heterocycles. The molecule has 154 valence electrons. The van der Waals surface area contributed by atoms with E-state index in [9.17, 15) is 9.59 Å². The summed E-state index contributed by atoms with van der Waals surface area (Å²) in [5.41, 5.74) is -0.292. The van der Waals surface area contributed by atoms with Crippen LogP contribution in [0.3, 0.4) is 0 Å². The molecule has 0 aliphatic carbocycles. The molecule has 2 amide bonds. The van der Waals surface area contributed by atoms with Crippen LogP contribution in [0.15, 0.2) is 0 Å². The Morgan fingerprint density at radius 1 is 1.19 bits per heavy atom. The molecule has 3 rings (SSSR count). The Morgan fingerprint density at radius 3 is 2.52 bits per heavy atom. The van der Waals surface area contributed by atoms with Crippen LogP contribution >= 0.6 is 0 Å². The van der Waals surface area contributed by atoms with Gasteiger partial charge in [0, 0.05) is 32.7 Å². The first-order chi connectivity index (χ1) is 12.9. The molecule has 0 radical (unpaired) electrons. The first-order valence-corrected chi connectivity index (χ1v) is 10.4. The zero-order chi connectivity index (χ0) is 19.4. The van der Waals surface area contributed by atoms with Gasteiger partial charge in [0.2, 0.25) is 11.8 Å². The molecule has 3 aliphatic heterocycles. The largest absolute Gasteiger partial charge is 0.381 e. The molecule has 0 aromatic rings. The number of nitrogens with zero attached hydrogens (tertiary/aromatic N) is 2. The second-order valence-corrected chi connectivity index (χ2v) is 8.91. The van der Waals surface area contributed by atoms with Crippen molar-refractivity contribution >= 4 is 11.8 Å². The average molecular weight is 382 g/mol. The van der Waals surface area contributed by atoms with Gasteiger partial charge in [-0.3, -0.25) is 14.5 Å². The Labute approximate surface area is 162 Å². The molecule has 7 heteroatoms. The summed E-state index contributed by atoms with van der Waals surface area (Å²) in [5.74, 6) is 1.32. The molecular weight excluding hydrogens is 346 g/mol. The molecule has 1 N–H and O–H groups in total. The smallest absolute Gasteiger partial charge is 0.239 e. The first kappa shape index (κ1) is 20.6. The predicted octanol–water partition coefficient (Wildman–Crippen LogP) is 0.877. The highest BCUT2D eigenvalue weighted by Gasteiger charge is 2.51. The summed E-state index contributed by atoms with van der Waals surface area (Å²) >= 11 is 0. The fourth-order valence-corrected chi connectivity index (χ4v) is 4.17. The van der Waals surface area contributed by atoms with Gasteiger partial charge in [0.15, 0.2) is 0 Å². The van der Waals surface area contributed by atoms with Gasteiger partial charge < -0.3 is 19.7 Å². The Kier molecular flexibility index (Phi) is 6.76.